The van der Waals surface area contributed by atoms with E-state index in [2.05, 4.69) is 10.2 Å². The molecule has 150 valence electrons. The van der Waals surface area contributed by atoms with Gasteiger partial charge in [-0.25, -0.2) is 9.18 Å². The topological polar surface area (TPSA) is 82.9 Å². The average Bonchev–Trinajstić information content (AvgIpc) is 3.23. The zero-order valence-electron chi connectivity index (χ0n) is 15.7. The van der Waals surface area contributed by atoms with Gasteiger partial charge in [0.2, 0.25) is 0 Å². The van der Waals surface area contributed by atoms with Crippen LogP contribution in [0.4, 0.5) is 14.9 Å². The number of carbonyl (C=O) groups is 3. The smallest absolute Gasteiger partial charge is 0.331 e. The number of barbiturate groups is 1. The van der Waals surface area contributed by atoms with E-state index in [0.717, 1.165) is 36.5 Å². The van der Waals surface area contributed by atoms with Gasteiger partial charge in [-0.15, -0.1) is 0 Å². The number of rotatable bonds is 4. The molecule has 1 aromatic heterocycles. The number of piperidine rings is 1. The number of nitrogens with zero attached hydrogens (tertiary/aromatic N) is 2. The van der Waals surface area contributed by atoms with Crippen molar-refractivity contribution in [3.05, 3.63) is 59.3 Å². The Labute approximate surface area is 166 Å². The molecule has 2 fully saturated rings. The number of furan rings is 1. The molecule has 2 saturated heterocycles. The molecule has 3 heterocycles. The van der Waals surface area contributed by atoms with E-state index in [1.54, 1.807) is 24.3 Å². The van der Waals surface area contributed by atoms with Crippen LogP contribution in [-0.4, -0.2) is 35.8 Å². The molecule has 4 amide bonds. The molecule has 2 aliphatic rings. The molecule has 0 aliphatic carbocycles. The van der Waals surface area contributed by atoms with Gasteiger partial charge in [-0.2, -0.15) is 0 Å². The van der Waals surface area contributed by atoms with Crippen molar-refractivity contribution in [1.29, 1.82) is 0 Å². The molecule has 0 bridgehead atoms. The molecule has 0 saturated carbocycles. The number of amides is 4. The van der Waals surface area contributed by atoms with Crippen molar-refractivity contribution in [2.24, 2.45) is 0 Å². The van der Waals surface area contributed by atoms with Gasteiger partial charge in [-0.1, -0.05) is 0 Å². The van der Waals surface area contributed by atoms with Crippen LogP contribution in [0.15, 0.2) is 46.6 Å². The second-order valence-electron chi connectivity index (χ2n) is 7.04. The van der Waals surface area contributed by atoms with Crippen molar-refractivity contribution >= 4 is 29.6 Å². The van der Waals surface area contributed by atoms with Crippen molar-refractivity contribution in [2.75, 3.05) is 18.0 Å². The van der Waals surface area contributed by atoms with Crippen LogP contribution in [0.2, 0.25) is 0 Å². The van der Waals surface area contributed by atoms with Crippen molar-refractivity contribution < 1.29 is 23.2 Å². The molecule has 0 atom stereocenters. The zero-order valence-corrected chi connectivity index (χ0v) is 15.7. The number of carbonyl (C=O) groups excluding carboxylic acids is 3. The fraction of sp³-hybridized carbons (Fsp3) is 0.286. The highest BCUT2D eigenvalue weighted by Gasteiger charge is 2.36. The van der Waals surface area contributed by atoms with Crippen LogP contribution in [-0.2, 0) is 16.1 Å². The fourth-order valence-electron chi connectivity index (χ4n) is 3.53. The number of nitrogens with one attached hydrogen (secondary N) is 1. The van der Waals surface area contributed by atoms with Crippen LogP contribution in [0.3, 0.4) is 0 Å². The molecule has 0 radical (unpaired) electrons. The van der Waals surface area contributed by atoms with Crippen molar-refractivity contribution in [3.63, 3.8) is 0 Å². The molecule has 1 N–H and O–H groups in total. The van der Waals surface area contributed by atoms with Gasteiger partial charge in [0, 0.05) is 24.3 Å². The molecule has 2 aliphatic heterocycles. The van der Waals surface area contributed by atoms with Crippen LogP contribution in [0.1, 0.15) is 30.6 Å². The maximum absolute atomic E-state index is 14.7. The standard InChI is InChI=1S/C21H20FN3O4/c22-18-12-15(24-8-2-1-3-9-24)7-6-14(18)11-17-19(26)23-21(28)25(20(17)27)13-16-5-4-10-29-16/h4-7,10-12H,1-3,8-9,13H2,(H,23,26,28)/b17-11+. The molecule has 4 rings (SSSR count). The lowest BCUT2D eigenvalue weighted by atomic mass is 10.1. The summed E-state index contributed by atoms with van der Waals surface area (Å²) in [4.78, 5) is 39.9. The summed E-state index contributed by atoms with van der Waals surface area (Å²) in [5.74, 6) is -1.79. The SMILES string of the molecule is O=C1NC(=O)N(Cc2ccco2)C(=O)/C1=C/c1ccc(N2CCCCC2)cc1F. The number of hydrogen-bond acceptors (Lipinski definition) is 5. The summed E-state index contributed by atoms with van der Waals surface area (Å²) in [7, 11) is 0. The lowest BCUT2D eigenvalue weighted by Gasteiger charge is -2.29. The first kappa shape index (κ1) is 18.9. The molecule has 0 unspecified atom stereocenters. The highest BCUT2D eigenvalue weighted by Crippen LogP contribution is 2.25. The lowest BCUT2D eigenvalue weighted by Crippen LogP contribution is -2.53. The number of anilines is 1. The van der Waals surface area contributed by atoms with Gasteiger partial charge in [0.05, 0.1) is 12.8 Å². The Hall–Kier alpha value is -3.42. The number of hydrogen-bond donors (Lipinski definition) is 1. The molecule has 1 aromatic carbocycles. The minimum absolute atomic E-state index is 0.108. The Morgan fingerprint density at radius 1 is 1.10 bits per heavy atom. The molecule has 29 heavy (non-hydrogen) atoms. The number of benzene rings is 1. The van der Waals surface area contributed by atoms with E-state index >= 15 is 0 Å². The van der Waals surface area contributed by atoms with Gasteiger partial charge in [0.1, 0.15) is 17.2 Å². The maximum Gasteiger partial charge on any atom is 0.331 e. The minimum atomic E-state index is -0.852. The van der Waals surface area contributed by atoms with Crippen LogP contribution in [0.25, 0.3) is 6.08 Å². The Morgan fingerprint density at radius 3 is 2.59 bits per heavy atom. The van der Waals surface area contributed by atoms with Gasteiger partial charge < -0.3 is 9.32 Å². The van der Waals surface area contributed by atoms with Crippen LogP contribution < -0.4 is 10.2 Å². The maximum atomic E-state index is 14.7. The van der Waals surface area contributed by atoms with E-state index in [4.69, 9.17) is 4.42 Å². The summed E-state index contributed by atoms with van der Waals surface area (Å²) < 4.78 is 19.8. The lowest BCUT2D eigenvalue weighted by molar-refractivity contribution is -0.130. The van der Waals surface area contributed by atoms with Gasteiger partial charge in [-0.3, -0.25) is 19.8 Å². The molecular formula is C21H20FN3O4. The first-order chi connectivity index (χ1) is 14.0. The normalized spacial score (nSPS) is 19.1. The summed E-state index contributed by atoms with van der Waals surface area (Å²) >= 11 is 0. The molecule has 2 aromatic rings. The zero-order chi connectivity index (χ0) is 20.4. The Bertz CT molecular complexity index is 978. The third-order valence-electron chi connectivity index (χ3n) is 5.08. The van der Waals surface area contributed by atoms with E-state index < -0.39 is 23.7 Å². The number of imide groups is 2. The first-order valence-electron chi connectivity index (χ1n) is 9.48. The van der Waals surface area contributed by atoms with Crippen LogP contribution in [0.5, 0.6) is 0 Å². The Kier molecular flexibility index (Phi) is 5.16. The van der Waals surface area contributed by atoms with Crippen molar-refractivity contribution in [2.45, 2.75) is 25.8 Å². The largest absolute Gasteiger partial charge is 0.467 e. The second kappa shape index (κ2) is 7.90. The average molecular weight is 397 g/mol. The van der Waals surface area contributed by atoms with E-state index in [0.29, 0.717) is 5.76 Å². The summed E-state index contributed by atoms with van der Waals surface area (Å²) in [6.45, 7) is 1.63. The fourth-order valence-corrected chi connectivity index (χ4v) is 3.53. The van der Waals surface area contributed by atoms with E-state index in [1.165, 1.54) is 24.8 Å². The third kappa shape index (κ3) is 3.91. The van der Waals surface area contributed by atoms with Crippen molar-refractivity contribution in [1.82, 2.24) is 10.2 Å². The van der Waals surface area contributed by atoms with Gasteiger partial charge in [0.25, 0.3) is 11.8 Å². The summed E-state index contributed by atoms with van der Waals surface area (Å²) in [6.07, 6.45) is 5.91. The molecule has 7 nitrogen and oxygen atoms in total. The first-order valence-corrected chi connectivity index (χ1v) is 9.48. The molecule has 0 spiro atoms. The Morgan fingerprint density at radius 2 is 1.90 bits per heavy atom. The van der Waals surface area contributed by atoms with Gasteiger partial charge >= 0.3 is 6.03 Å². The third-order valence-corrected chi connectivity index (χ3v) is 5.08. The number of halogens is 1. The quantitative estimate of drug-likeness (QED) is 0.633. The summed E-state index contributed by atoms with van der Waals surface area (Å²) in [5, 5.41) is 2.11. The van der Waals surface area contributed by atoms with E-state index in [9.17, 15) is 18.8 Å². The second-order valence-corrected chi connectivity index (χ2v) is 7.04. The number of urea groups is 1. The highest BCUT2D eigenvalue weighted by molar-refractivity contribution is 6.30. The molecule has 8 heteroatoms. The summed E-state index contributed by atoms with van der Waals surface area (Å²) in [5.41, 5.74) is 0.579. The highest BCUT2D eigenvalue weighted by atomic mass is 19.1. The van der Waals surface area contributed by atoms with E-state index in [-0.39, 0.29) is 17.7 Å². The van der Waals surface area contributed by atoms with Gasteiger partial charge in [0.15, 0.2) is 0 Å². The predicted molar refractivity (Wildman–Crippen MR) is 103 cm³/mol. The minimum Gasteiger partial charge on any atom is -0.467 e. The van der Waals surface area contributed by atoms with Crippen LogP contribution >= 0.6 is 0 Å². The molecular weight excluding hydrogens is 377 g/mol. The van der Waals surface area contributed by atoms with Crippen LogP contribution in [0, 0.1) is 5.82 Å². The predicted octanol–water partition coefficient (Wildman–Crippen LogP) is 3.07. The monoisotopic (exact) mass is 397 g/mol. The van der Waals surface area contributed by atoms with Crippen molar-refractivity contribution in [3.8, 4) is 0 Å². The Balaban J connectivity index is 1.59. The summed E-state index contributed by atoms with van der Waals surface area (Å²) in [6, 6.07) is 7.13. The van der Waals surface area contributed by atoms with Gasteiger partial charge in [-0.05, 0) is 55.7 Å². The van der Waals surface area contributed by atoms with E-state index in [1.807, 2.05) is 0 Å².